The van der Waals surface area contributed by atoms with Crippen molar-refractivity contribution in [2.45, 2.75) is 6.54 Å². The lowest BCUT2D eigenvalue weighted by atomic mass is 10.1. The average molecular weight is 369 g/mol. The fourth-order valence-electron chi connectivity index (χ4n) is 2.52. The van der Waals surface area contributed by atoms with Crippen molar-refractivity contribution in [1.29, 1.82) is 0 Å². The van der Waals surface area contributed by atoms with E-state index in [1.165, 1.54) is 11.3 Å². The average Bonchev–Trinajstić information content (AvgIpc) is 3.28. The summed E-state index contributed by atoms with van der Waals surface area (Å²) in [7, 11) is 0. The fraction of sp³-hybridized carbons (Fsp3) is 0.0556. The summed E-state index contributed by atoms with van der Waals surface area (Å²) in [6, 6.07) is 11.3. The highest BCUT2D eigenvalue weighted by atomic mass is 35.5. The Morgan fingerprint density at radius 3 is 2.88 bits per heavy atom. The minimum atomic E-state index is -0.0590. The van der Waals surface area contributed by atoms with Crippen LogP contribution in [0.1, 0.15) is 20.8 Å². The van der Waals surface area contributed by atoms with Crippen LogP contribution in [0.5, 0.6) is 0 Å². The second kappa shape index (κ2) is 6.66. The van der Waals surface area contributed by atoms with Crippen LogP contribution >= 0.6 is 22.9 Å². The Kier molecular flexibility index (Phi) is 4.21. The van der Waals surface area contributed by atoms with Gasteiger partial charge in [0.15, 0.2) is 5.13 Å². The summed E-state index contributed by atoms with van der Waals surface area (Å²) in [6.45, 7) is 0.620. The number of thiazole rings is 1. The number of hydrogen-bond acceptors (Lipinski definition) is 5. The molecule has 3 heterocycles. The number of aromatic nitrogens is 3. The van der Waals surface area contributed by atoms with Crippen molar-refractivity contribution in [3.63, 3.8) is 0 Å². The lowest BCUT2D eigenvalue weighted by Crippen LogP contribution is -1.98. The Balaban J connectivity index is 1.50. The van der Waals surface area contributed by atoms with Gasteiger partial charge in [-0.1, -0.05) is 35.1 Å². The topological polar surface area (TPSA) is 70.7 Å². The molecule has 0 fully saturated rings. The summed E-state index contributed by atoms with van der Waals surface area (Å²) in [5.74, 6) is -0.0590. The van der Waals surface area contributed by atoms with Crippen LogP contribution in [0.4, 0.5) is 5.13 Å². The molecule has 0 unspecified atom stereocenters. The Morgan fingerprint density at radius 1 is 1.20 bits per heavy atom. The van der Waals surface area contributed by atoms with Crippen molar-refractivity contribution in [3.05, 3.63) is 76.0 Å². The van der Waals surface area contributed by atoms with Gasteiger partial charge in [-0.3, -0.25) is 4.79 Å². The third-order valence-corrected chi connectivity index (χ3v) is 4.99. The molecule has 0 bridgehead atoms. The third-order valence-electron chi connectivity index (χ3n) is 3.78. The highest BCUT2D eigenvalue weighted by Gasteiger charge is 2.17. The minimum Gasteiger partial charge on any atom is -0.357 e. The van der Waals surface area contributed by atoms with Gasteiger partial charge in [0.25, 0.3) is 0 Å². The Hall–Kier alpha value is -2.70. The molecular formula is C18H13ClN4OS. The number of carbonyl (C=O) groups is 1. The first kappa shape index (κ1) is 15.8. The number of fused-ring (bicyclic) bond motifs is 1. The molecule has 25 heavy (non-hydrogen) atoms. The standard InChI is InChI=1S/C18H13ClN4OS/c19-12-5-3-11(4-6-12)8-22-18-23-10-15(25-18)16(24)14-9-21-17-13(14)2-1-7-20-17/h1-7,9-10H,8H2,(H,20,21)(H,22,23). The van der Waals surface area contributed by atoms with Gasteiger partial charge in [0.2, 0.25) is 5.78 Å². The van der Waals surface area contributed by atoms with Crippen molar-refractivity contribution >= 4 is 44.9 Å². The summed E-state index contributed by atoms with van der Waals surface area (Å²) < 4.78 is 0. The van der Waals surface area contributed by atoms with Crippen molar-refractivity contribution in [2.24, 2.45) is 0 Å². The molecule has 0 saturated carbocycles. The Labute approximate surface area is 152 Å². The van der Waals surface area contributed by atoms with Gasteiger partial charge in [-0.05, 0) is 29.8 Å². The van der Waals surface area contributed by atoms with Crippen molar-refractivity contribution in [1.82, 2.24) is 15.0 Å². The summed E-state index contributed by atoms with van der Waals surface area (Å²) in [5, 5.41) is 5.46. The van der Waals surface area contributed by atoms with Crippen molar-refractivity contribution in [2.75, 3.05) is 5.32 Å². The number of anilines is 1. The van der Waals surface area contributed by atoms with Gasteiger partial charge >= 0.3 is 0 Å². The zero-order chi connectivity index (χ0) is 17.2. The number of aromatic amines is 1. The maximum absolute atomic E-state index is 12.7. The maximum Gasteiger partial charge on any atom is 0.206 e. The number of nitrogens with zero attached hydrogens (tertiary/aromatic N) is 2. The van der Waals surface area contributed by atoms with E-state index in [1.807, 2.05) is 36.4 Å². The molecule has 3 aromatic heterocycles. The Bertz CT molecular complexity index is 1040. The number of benzene rings is 1. The number of hydrogen-bond donors (Lipinski definition) is 2. The van der Waals surface area contributed by atoms with E-state index in [0.29, 0.717) is 32.8 Å². The van der Waals surface area contributed by atoms with E-state index in [9.17, 15) is 4.79 Å². The maximum atomic E-state index is 12.7. The smallest absolute Gasteiger partial charge is 0.206 e. The van der Waals surface area contributed by atoms with E-state index in [1.54, 1.807) is 18.6 Å². The molecule has 0 amide bonds. The van der Waals surface area contributed by atoms with Gasteiger partial charge in [-0.25, -0.2) is 9.97 Å². The predicted molar refractivity (Wildman–Crippen MR) is 100 cm³/mol. The SMILES string of the molecule is O=C(c1cnc(NCc2ccc(Cl)cc2)s1)c1c[nH]c2ncccc12. The number of ketones is 1. The largest absolute Gasteiger partial charge is 0.357 e. The highest BCUT2D eigenvalue weighted by molar-refractivity contribution is 7.17. The Morgan fingerprint density at radius 2 is 2.04 bits per heavy atom. The molecule has 1 aromatic carbocycles. The van der Waals surface area contributed by atoms with E-state index in [2.05, 4.69) is 20.3 Å². The van der Waals surface area contributed by atoms with Crippen LogP contribution in [0.2, 0.25) is 5.02 Å². The lowest BCUT2D eigenvalue weighted by Gasteiger charge is -2.02. The number of carbonyl (C=O) groups excluding carboxylic acids is 1. The van der Waals surface area contributed by atoms with E-state index in [0.717, 1.165) is 10.9 Å². The molecule has 5 nitrogen and oxygen atoms in total. The first-order valence-electron chi connectivity index (χ1n) is 7.61. The second-order valence-corrected chi connectivity index (χ2v) is 6.91. The first-order chi connectivity index (χ1) is 12.2. The summed E-state index contributed by atoms with van der Waals surface area (Å²) >= 11 is 7.22. The number of rotatable bonds is 5. The van der Waals surface area contributed by atoms with Crippen LogP contribution in [0.15, 0.2) is 55.0 Å². The number of halogens is 1. The quantitative estimate of drug-likeness (QED) is 0.508. The van der Waals surface area contributed by atoms with Gasteiger partial charge in [0.1, 0.15) is 5.65 Å². The van der Waals surface area contributed by atoms with E-state index in [-0.39, 0.29) is 5.78 Å². The second-order valence-electron chi connectivity index (χ2n) is 5.44. The van der Waals surface area contributed by atoms with Crippen LogP contribution in [0, 0.1) is 0 Å². The zero-order valence-electron chi connectivity index (χ0n) is 13.0. The molecule has 4 rings (SSSR count). The molecule has 0 aliphatic heterocycles. The van der Waals surface area contributed by atoms with E-state index < -0.39 is 0 Å². The molecule has 124 valence electrons. The molecule has 0 saturated heterocycles. The summed E-state index contributed by atoms with van der Waals surface area (Å²) in [4.78, 5) is 24.8. The van der Waals surface area contributed by atoms with Crippen LogP contribution in [0.3, 0.4) is 0 Å². The molecule has 2 N–H and O–H groups in total. The predicted octanol–water partition coefficient (Wildman–Crippen LogP) is 4.52. The van der Waals surface area contributed by atoms with Crippen LogP contribution in [-0.4, -0.2) is 20.7 Å². The zero-order valence-corrected chi connectivity index (χ0v) is 14.6. The molecule has 0 aliphatic carbocycles. The normalized spacial score (nSPS) is 10.9. The van der Waals surface area contributed by atoms with Crippen molar-refractivity contribution < 1.29 is 4.79 Å². The van der Waals surface area contributed by atoms with Gasteiger partial charge < -0.3 is 10.3 Å². The molecule has 0 spiro atoms. The van der Waals surface area contributed by atoms with E-state index in [4.69, 9.17) is 11.6 Å². The monoisotopic (exact) mass is 368 g/mol. The van der Waals surface area contributed by atoms with Crippen molar-refractivity contribution in [3.8, 4) is 0 Å². The molecule has 0 atom stereocenters. The summed E-state index contributed by atoms with van der Waals surface area (Å²) in [6.07, 6.45) is 4.99. The van der Waals surface area contributed by atoms with Crippen LogP contribution in [-0.2, 0) is 6.54 Å². The van der Waals surface area contributed by atoms with Gasteiger partial charge in [-0.2, -0.15) is 0 Å². The van der Waals surface area contributed by atoms with Crippen LogP contribution < -0.4 is 5.32 Å². The molecule has 0 radical (unpaired) electrons. The van der Waals surface area contributed by atoms with Gasteiger partial charge in [-0.15, -0.1) is 0 Å². The van der Waals surface area contributed by atoms with Gasteiger partial charge in [0.05, 0.1) is 16.6 Å². The molecule has 7 heteroatoms. The first-order valence-corrected chi connectivity index (χ1v) is 8.81. The number of pyridine rings is 1. The molecular weight excluding hydrogens is 356 g/mol. The van der Waals surface area contributed by atoms with E-state index >= 15 is 0 Å². The third kappa shape index (κ3) is 3.26. The molecule has 0 aliphatic rings. The number of H-pyrrole nitrogens is 1. The lowest BCUT2D eigenvalue weighted by molar-refractivity contribution is 0.104. The number of nitrogens with one attached hydrogen (secondary N) is 2. The van der Waals surface area contributed by atoms with Crippen LogP contribution in [0.25, 0.3) is 11.0 Å². The van der Waals surface area contributed by atoms with Gasteiger partial charge in [0, 0.05) is 29.3 Å². The minimum absolute atomic E-state index is 0.0590. The highest BCUT2D eigenvalue weighted by Crippen LogP contribution is 2.25. The summed E-state index contributed by atoms with van der Waals surface area (Å²) in [5.41, 5.74) is 2.41. The fourth-order valence-corrected chi connectivity index (χ4v) is 3.41. The molecule has 4 aromatic rings.